The first-order valence-electron chi connectivity index (χ1n) is 5.03. The van der Waals surface area contributed by atoms with Gasteiger partial charge >= 0.3 is 0 Å². The summed E-state index contributed by atoms with van der Waals surface area (Å²) in [5.74, 6) is 0.843. The zero-order chi connectivity index (χ0) is 8.60. The molecule has 2 N–H and O–H groups in total. The lowest BCUT2D eigenvalue weighted by molar-refractivity contribution is 0.0495. The molecule has 2 aliphatic rings. The van der Waals surface area contributed by atoms with E-state index in [1.165, 1.54) is 32.1 Å². The summed E-state index contributed by atoms with van der Waals surface area (Å²) in [6.07, 6.45) is 7.15. The lowest BCUT2D eigenvalue weighted by Gasteiger charge is -2.28. The van der Waals surface area contributed by atoms with Crippen molar-refractivity contribution in [2.75, 3.05) is 13.7 Å². The maximum absolute atomic E-state index is 5.68. The third-order valence-electron chi connectivity index (χ3n) is 3.91. The van der Waals surface area contributed by atoms with E-state index in [0.29, 0.717) is 11.5 Å². The minimum absolute atomic E-state index is 0.537. The van der Waals surface area contributed by atoms with Crippen LogP contribution in [0.5, 0.6) is 0 Å². The summed E-state index contributed by atoms with van der Waals surface area (Å²) in [4.78, 5) is 0. The van der Waals surface area contributed by atoms with Gasteiger partial charge in [-0.3, -0.25) is 0 Å². The first-order valence-corrected chi connectivity index (χ1v) is 5.03. The van der Waals surface area contributed by atoms with Crippen LogP contribution in [0.4, 0.5) is 0 Å². The van der Waals surface area contributed by atoms with Gasteiger partial charge in [0.15, 0.2) is 0 Å². The summed E-state index contributed by atoms with van der Waals surface area (Å²) in [5, 5.41) is 0. The maximum atomic E-state index is 5.68. The van der Waals surface area contributed by atoms with Crippen LogP contribution in [0.2, 0.25) is 0 Å². The Morgan fingerprint density at radius 2 is 2.08 bits per heavy atom. The zero-order valence-corrected chi connectivity index (χ0v) is 7.88. The highest BCUT2D eigenvalue weighted by Gasteiger charge is 2.53. The molecule has 0 bridgehead atoms. The molecule has 12 heavy (non-hydrogen) atoms. The van der Waals surface area contributed by atoms with Gasteiger partial charge in [0.25, 0.3) is 0 Å². The van der Waals surface area contributed by atoms with Gasteiger partial charge in [0.05, 0.1) is 6.10 Å². The lowest BCUT2D eigenvalue weighted by atomic mass is 9.83. The molecule has 1 atom stereocenters. The maximum Gasteiger partial charge on any atom is 0.0571 e. The molecule has 2 rings (SSSR count). The van der Waals surface area contributed by atoms with Crippen LogP contribution in [0.3, 0.4) is 0 Å². The van der Waals surface area contributed by atoms with Gasteiger partial charge in [-0.05, 0) is 50.0 Å². The molecule has 2 aliphatic carbocycles. The Morgan fingerprint density at radius 1 is 1.42 bits per heavy atom. The molecule has 0 radical (unpaired) electrons. The van der Waals surface area contributed by atoms with Crippen LogP contribution in [0, 0.1) is 11.3 Å². The van der Waals surface area contributed by atoms with Gasteiger partial charge in [0.1, 0.15) is 0 Å². The van der Waals surface area contributed by atoms with Crippen molar-refractivity contribution >= 4 is 0 Å². The van der Waals surface area contributed by atoms with E-state index >= 15 is 0 Å². The highest BCUT2D eigenvalue weighted by atomic mass is 16.5. The second-order valence-corrected chi connectivity index (χ2v) is 4.43. The van der Waals surface area contributed by atoms with Crippen LogP contribution >= 0.6 is 0 Å². The van der Waals surface area contributed by atoms with E-state index in [1.54, 1.807) is 0 Å². The Kier molecular flexibility index (Phi) is 2.13. The summed E-state index contributed by atoms with van der Waals surface area (Å²) < 4.78 is 5.35. The normalized spacial score (nSPS) is 46.5. The second-order valence-electron chi connectivity index (χ2n) is 4.43. The molecule has 0 aromatic heterocycles. The fourth-order valence-corrected chi connectivity index (χ4v) is 2.78. The Balaban J connectivity index is 1.84. The number of nitrogens with two attached hydrogens (primary N) is 1. The summed E-state index contributed by atoms with van der Waals surface area (Å²) in [6.45, 7) is 0.900. The van der Waals surface area contributed by atoms with Crippen LogP contribution in [0.25, 0.3) is 0 Å². The Labute approximate surface area is 74.5 Å². The second kappa shape index (κ2) is 3.00. The van der Waals surface area contributed by atoms with E-state index in [9.17, 15) is 0 Å². The molecule has 2 saturated carbocycles. The third-order valence-corrected chi connectivity index (χ3v) is 3.91. The highest BCUT2D eigenvalue weighted by Crippen LogP contribution is 2.60. The van der Waals surface area contributed by atoms with E-state index in [-0.39, 0.29) is 0 Å². The molecule has 0 heterocycles. The predicted octanol–water partition coefficient (Wildman–Crippen LogP) is 1.54. The van der Waals surface area contributed by atoms with Crippen LogP contribution in [0.15, 0.2) is 0 Å². The molecule has 1 unspecified atom stereocenters. The summed E-state index contributed by atoms with van der Waals surface area (Å²) in [5.41, 5.74) is 6.35. The molecular weight excluding hydrogens is 150 g/mol. The summed E-state index contributed by atoms with van der Waals surface area (Å²) >= 11 is 0. The molecule has 2 heteroatoms. The predicted molar refractivity (Wildman–Crippen MR) is 48.9 cm³/mol. The highest BCUT2D eigenvalue weighted by molar-refractivity contribution is 5.04. The van der Waals surface area contributed by atoms with Crippen LogP contribution in [-0.4, -0.2) is 19.8 Å². The van der Waals surface area contributed by atoms with E-state index in [2.05, 4.69) is 0 Å². The molecule has 1 spiro atoms. The van der Waals surface area contributed by atoms with Crippen molar-refractivity contribution in [2.45, 2.75) is 38.2 Å². The molecular formula is C10H19NO. The zero-order valence-electron chi connectivity index (χ0n) is 7.88. The number of rotatable bonds is 2. The minimum atomic E-state index is 0.537. The van der Waals surface area contributed by atoms with Crippen molar-refractivity contribution in [3.63, 3.8) is 0 Å². The molecule has 2 fully saturated rings. The average molecular weight is 169 g/mol. The van der Waals surface area contributed by atoms with Crippen molar-refractivity contribution < 1.29 is 4.74 Å². The van der Waals surface area contributed by atoms with Crippen LogP contribution in [0.1, 0.15) is 32.1 Å². The molecule has 2 nitrogen and oxygen atoms in total. The molecule has 0 aromatic rings. The monoisotopic (exact) mass is 169 g/mol. The lowest BCUT2D eigenvalue weighted by Crippen LogP contribution is -2.23. The van der Waals surface area contributed by atoms with Gasteiger partial charge in [-0.2, -0.15) is 0 Å². The van der Waals surface area contributed by atoms with Crippen molar-refractivity contribution in [3.05, 3.63) is 0 Å². The van der Waals surface area contributed by atoms with Crippen molar-refractivity contribution in [3.8, 4) is 0 Å². The molecule has 0 amide bonds. The van der Waals surface area contributed by atoms with Gasteiger partial charge in [-0.25, -0.2) is 0 Å². The van der Waals surface area contributed by atoms with Crippen molar-refractivity contribution in [2.24, 2.45) is 17.1 Å². The molecule has 0 saturated heterocycles. The van der Waals surface area contributed by atoms with Gasteiger partial charge in [-0.15, -0.1) is 0 Å². The smallest absolute Gasteiger partial charge is 0.0571 e. The Bertz CT molecular complexity index is 161. The number of hydrogen-bond acceptors (Lipinski definition) is 2. The first-order chi connectivity index (χ1) is 5.80. The quantitative estimate of drug-likeness (QED) is 0.680. The SMILES string of the molecule is COC1CCC2(CC1)CC2CN. The van der Waals surface area contributed by atoms with Gasteiger partial charge < -0.3 is 10.5 Å². The fraction of sp³-hybridized carbons (Fsp3) is 1.00. The van der Waals surface area contributed by atoms with Gasteiger partial charge in [-0.1, -0.05) is 0 Å². The van der Waals surface area contributed by atoms with E-state index in [0.717, 1.165) is 12.5 Å². The van der Waals surface area contributed by atoms with Gasteiger partial charge in [0.2, 0.25) is 0 Å². The van der Waals surface area contributed by atoms with Gasteiger partial charge in [0, 0.05) is 7.11 Å². The van der Waals surface area contributed by atoms with Crippen LogP contribution < -0.4 is 5.73 Å². The number of methoxy groups -OCH3 is 1. The summed E-state index contributed by atoms with van der Waals surface area (Å²) in [6, 6.07) is 0. The molecule has 70 valence electrons. The van der Waals surface area contributed by atoms with Crippen molar-refractivity contribution in [1.82, 2.24) is 0 Å². The van der Waals surface area contributed by atoms with E-state index in [4.69, 9.17) is 10.5 Å². The largest absolute Gasteiger partial charge is 0.381 e. The first kappa shape index (κ1) is 8.52. The molecule has 0 aromatic carbocycles. The minimum Gasteiger partial charge on any atom is -0.381 e. The standard InChI is InChI=1S/C10H19NO/c1-12-9-2-4-10(5-3-9)6-8(10)7-11/h8-9H,2-7,11H2,1H3. The Hall–Kier alpha value is -0.0800. The fourth-order valence-electron chi connectivity index (χ4n) is 2.78. The average Bonchev–Trinajstić information content (AvgIpc) is 2.81. The number of ether oxygens (including phenoxy) is 1. The topological polar surface area (TPSA) is 35.2 Å². The van der Waals surface area contributed by atoms with E-state index < -0.39 is 0 Å². The van der Waals surface area contributed by atoms with Crippen LogP contribution in [-0.2, 0) is 4.74 Å². The van der Waals surface area contributed by atoms with Crippen molar-refractivity contribution in [1.29, 1.82) is 0 Å². The summed E-state index contributed by atoms with van der Waals surface area (Å²) in [7, 11) is 1.83. The molecule has 0 aliphatic heterocycles. The Morgan fingerprint density at radius 3 is 2.50 bits per heavy atom. The van der Waals surface area contributed by atoms with E-state index in [1.807, 2.05) is 7.11 Å². The number of hydrogen-bond donors (Lipinski definition) is 1. The third kappa shape index (κ3) is 1.27.